The zero-order valence-electron chi connectivity index (χ0n) is 20.4. The normalized spacial score (nSPS) is 15.0. The van der Waals surface area contributed by atoms with Crippen LogP contribution in [-0.4, -0.2) is 40.7 Å². The lowest BCUT2D eigenvalue weighted by Gasteiger charge is -2.35. The summed E-state index contributed by atoms with van der Waals surface area (Å²) in [5, 5.41) is 3.11. The Labute approximate surface area is 224 Å². The van der Waals surface area contributed by atoms with Gasteiger partial charge in [-0.05, 0) is 72.1 Å². The van der Waals surface area contributed by atoms with Crippen molar-refractivity contribution in [3.63, 3.8) is 0 Å². The lowest BCUT2D eigenvalue weighted by atomic mass is 9.92. The number of H-pyrrole nitrogens is 1. The number of benzene rings is 3. The Morgan fingerprint density at radius 3 is 2.61 bits per heavy atom. The quantitative estimate of drug-likeness (QED) is 0.224. The van der Waals surface area contributed by atoms with Crippen LogP contribution in [-0.2, 0) is 6.42 Å². The van der Waals surface area contributed by atoms with Gasteiger partial charge in [0.25, 0.3) is 0 Å². The Morgan fingerprint density at radius 2 is 1.87 bits per heavy atom. The van der Waals surface area contributed by atoms with E-state index in [0.29, 0.717) is 36.9 Å². The molecule has 5 N–H and O–H groups in total. The molecule has 1 aliphatic rings. The van der Waals surface area contributed by atoms with Gasteiger partial charge in [0.1, 0.15) is 30.0 Å². The van der Waals surface area contributed by atoms with Crippen molar-refractivity contribution in [2.75, 3.05) is 19.7 Å². The van der Waals surface area contributed by atoms with Crippen LogP contribution in [0.3, 0.4) is 0 Å². The lowest BCUT2D eigenvalue weighted by Crippen LogP contribution is -2.42. The molecular weight excluding hydrogens is 509 g/mol. The topological polar surface area (TPSA) is 110 Å². The fraction of sp³-hybridized carbons (Fsp3) is 0.179. The van der Waals surface area contributed by atoms with Crippen LogP contribution in [0.15, 0.2) is 79.1 Å². The highest BCUT2D eigenvalue weighted by atomic mass is 35.5. The van der Waals surface area contributed by atoms with E-state index in [1.807, 2.05) is 42.5 Å². The Kier molecular flexibility index (Phi) is 7.39. The molecule has 0 spiro atoms. The first-order valence-electron chi connectivity index (χ1n) is 12.1. The molecule has 5 rings (SSSR count). The number of nitrogens with two attached hydrogens (primary N) is 2. The van der Waals surface area contributed by atoms with Gasteiger partial charge in [-0.25, -0.2) is 15.0 Å². The van der Waals surface area contributed by atoms with E-state index in [4.69, 9.17) is 32.7 Å². The number of hydrogen-bond acceptors (Lipinski definition) is 6. The van der Waals surface area contributed by atoms with Crippen LogP contribution in [0.4, 0.5) is 9.18 Å². The standard InChI is InChI=1S/C28H27ClFN5O3/c29-19-3-10-25-24(17-19)23-11-13-35(28(36)38-22-8-4-20(30)5-9-22)27(26(23)33-25)18-1-6-21(7-2-18)37-16-15-34(32)14-12-31/h1-10,12,14,17,27,33H,11,13,15-16,31-32H2/b14-12-. The number of halogens is 2. The Morgan fingerprint density at radius 1 is 1.13 bits per heavy atom. The van der Waals surface area contributed by atoms with Crippen molar-refractivity contribution < 1.29 is 18.7 Å². The molecular formula is C28H27ClFN5O3. The first-order valence-corrected chi connectivity index (χ1v) is 12.5. The molecule has 1 unspecified atom stereocenters. The number of carbonyl (C=O) groups excluding carboxylic acids is 1. The van der Waals surface area contributed by atoms with E-state index >= 15 is 0 Å². The minimum absolute atomic E-state index is 0.270. The molecule has 196 valence electrons. The minimum Gasteiger partial charge on any atom is -0.492 e. The fourth-order valence-electron chi connectivity index (χ4n) is 4.67. The third kappa shape index (κ3) is 5.39. The summed E-state index contributed by atoms with van der Waals surface area (Å²) in [6.45, 7) is 1.26. The number of fused-ring (bicyclic) bond motifs is 3. The summed E-state index contributed by atoms with van der Waals surface area (Å²) in [6.07, 6.45) is 3.01. The summed E-state index contributed by atoms with van der Waals surface area (Å²) < 4.78 is 24.8. The lowest BCUT2D eigenvalue weighted by molar-refractivity contribution is 0.135. The van der Waals surface area contributed by atoms with Gasteiger partial charge in [-0.15, -0.1) is 0 Å². The van der Waals surface area contributed by atoms with Gasteiger partial charge < -0.3 is 25.2 Å². The van der Waals surface area contributed by atoms with Crippen molar-refractivity contribution in [3.8, 4) is 11.5 Å². The summed E-state index contributed by atoms with van der Waals surface area (Å²) in [7, 11) is 0. The molecule has 2 heterocycles. The van der Waals surface area contributed by atoms with Gasteiger partial charge >= 0.3 is 6.09 Å². The summed E-state index contributed by atoms with van der Waals surface area (Å²) >= 11 is 6.29. The zero-order valence-corrected chi connectivity index (χ0v) is 21.2. The predicted octanol–water partition coefficient (Wildman–Crippen LogP) is 5.09. The van der Waals surface area contributed by atoms with Gasteiger partial charge in [-0.2, -0.15) is 0 Å². The molecule has 8 nitrogen and oxygen atoms in total. The molecule has 38 heavy (non-hydrogen) atoms. The van der Waals surface area contributed by atoms with Gasteiger partial charge in [0.2, 0.25) is 0 Å². The molecule has 4 aromatic rings. The highest BCUT2D eigenvalue weighted by Crippen LogP contribution is 2.40. The molecule has 0 aliphatic carbocycles. The molecule has 0 fully saturated rings. The van der Waals surface area contributed by atoms with Crippen LogP contribution in [0.5, 0.6) is 11.5 Å². The SMILES string of the molecule is N/C=C\N(N)CCOc1ccc(C2c3[nH]c4ccc(Cl)cc4c3CCN2C(=O)Oc2ccc(F)cc2)cc1. The zero-order chi connectivity index (χ0) is 26.6. The van der Waals surface area contributed by atoms with E-state index in [2.05, 4.69) is 4.98 Å². The number of aromatic nitrogens is 1. The second-order valence-corrected chi connectivity index (χ2v) is 9.31. The van der Waals surface area contributed by atoms with E-state index in [1.54, 1.807) is 11.1 Å². The number of nitrogens with one attached hydrogen (secondary N) is 1. The fourth-order valence-corrected chi connectivity index (χ4v) is 4.84. The number of hydrazine groups is 1. The van der Waals surface area contributed by atoms with Crippen LogP contribution in [0.1, 0.15) is 22.9 Å². The van der Waals surface area contributed by atoms with Crippen molar-refractivity contribution in [3.05, 3.63) is 107 Å². The number of amides is 1. The summed E-state index contributed by atoms with van der Waals surface area (Å²) in [5.41, 5.74) is 9.16. The van der Waals surface area contributed by atoms with Crippen molar-refractivity contribution in [1.29, 1.82) is 0 Å². The maximum Gasteiger partial charge on any atom is 0.416 e. The molecule has 1 aromatic heterocycles. The van der Waals surface area contributed by atoms with Crippen LogP contribution in [0.2, 0.25) is 5.02 Å². The van der Waals surface area contributed by atoms with Crippen LogP contribution < -0.4 is 21.1 Å². The number of rotatable bonds is 7. The molecule has 3 aromatic carbocycles. The Bertz CT molecular complexity index is 1460. The molecule has 1 amide bonds. The number of nitrogens with zero attached hydrogens (tertiary/aromatic N) is 2. The third-order valence-corrected chi connectivity index (χ3v) is 6.67. The summed E-state index contributed by atoms with van der Waals surface area (Å²) in [6, 6.07) is 18.2. The van der Waals surface area contributed by atoms with Crippen LogP contribution in [0, 0.1) is 5.82 Å². The first kappa shape index (κ1) is 25.4. The van der Waals surface area contributed by atoms with Crippen LogP contribution in [0.25, 0.3) is 10.9 Å². The second-order valence-electron chi connectivity index (χ2n) is 8.87. The van der Waals surface area contributed by atoms with E-state index in [9.17, 15) is 9.18 Å². The number of aromatic amines is 1. The summed E-state index contributed by atoms with van der Waals surface area (Å²) in [4.78, 5) is 18.5. The number of carbonyl (C=O) groups is 1. The Balaban J connectivity index is 1.44. The van der Waals surface area contributed by atoms with Crippen molar-refractivity contribution in [1.82, 2.24) is 14.9 Å². The van der Waals surface area contributed by atoms with Gasteiger partial charge in [0, 0.05) is 40.6 Å². The first-order chi connectivity index (χ1) is 18.4. The van der Waals surface area contributed by atoms with Crippen LogP contribution >= 0.6 is 11.6 Å². The average molecular weight is 536 g/mol. The molecule has 0 saturated heterocycles. The van der Waals surface area contributed by atoms with Crippen molar-refractivity contribution >= 4 is 28.6 Å². The minimum atomic E-state index is -0.528. The second kappa shape index (κ2) is 11.0. The molecule has 0 saturated carbocycles. The van der Waals surface area contributed by atoms with Gasteiger partial charge in [-0.1, -0.05) is 23.7 Å². The van der Waals surface area contributed by atoms with E-state index in [1.165, 1.54) is 35.5 Å². The molecule has 0 bridgehead atoms. The predicted molar refractivity (Wildman–Crippen MR) is 144 cm³/mol. The maximum atomic E-state index is 13.4. The largest absolute Gasteiger partial charge is 0.492 e. The summed E-state index contributed by atoms with van der Waals surface area (Å²) in [5.74, 6) is 6.30. The highest BCUT2D eigenvalue weighted by molar-refractivity contribution is 6.31. The van der Waals surface area contributed by atoms with E-state index in [0.717, 1.165) is 27.7 Å². The maximum absolute atomic E-state index is 13.4. The monoisotopic (exact) mass is 535 g/mol. The van der Waals surface area contributed by atoms with Gasteiger partial charge in [0.15, 0.2) is 0 Å². The van der Waals surface area contributed by atoms with Crippen molar-refractivity contribution in [2.24, 2.45) is 11.6 Å². The molecule has 1 atom stereocenters. The van der Waals surface area contributed by atoms with E-state index < -0.39 is 18.0 Å². The molecule has 1 aliphatic heterocycles. The van der Waals surface area contributed by atoms with E-state index in [-0.39, 0.29) is 5.75 Å². The van der Waals surface area contributed by atoms with Gasteiger partial charge in [0.05, 0.1) is 6.54 Å². The number of hydrogen-bond donors (Lipinski definition) is 3. The molecule has 10 heteroatoms. The van der Waals surface area contributed by atoms with Gasteiger partial charge in [-0.3, -0.25) is 4.90 Å². The third-order valence-electron chi connectivity index (χ3n) is 6.43. The highest BCUT2D eigenvalue weighted by Gasteiger charge is 2.35. The molecule has 0 radical (unpaired) electrons. The smallest absolute Gasteiger partial charge is 0.416 e. The average Bonchev–Trinajstić information content (AvgIpc) is 3.28. The Hall–Kier alpha value is -4.21. The number of ether oxygens (including phenoxy) is 2. The van der Waals surface area contributed by atoms with Crippen molar-refractivity contribution in [2.45, 2.75) is 12.5 Å².